The van der Waals surface area contributed by atoms with Gasteiger partial charge in [0.25, 0.3) is 0 Å². The number of carboxylic acid groups (broad SMARTS) is 1. The van der Waals surface area contributed by atoms with Crippen LogP contribution in [0.1, 0.15) is 22.2 Å². The van der Waals surface area contributed by atoms with Gasteiger partial charge in [-0.05, 0) is 6.26 Å². The second-order valence-corrected chi connectivity index (χ2v) is 4.30. The summed E-state index contributed by atoms with van der Waals surface area (Å²) in [5.74, 6) is -1.27. The van der Waals surface area contributed by atoms with Crippen molar-refractivity contribution in [2.75, 3.05) is 12.0 Å². The molecule has 8 heteroatoms. The van der Waals surface area contributed by atoms with Crippen LogP contribution in [0, 0.1) is 0 Å². The average molecular weight is 276 g/mol. The number of aliphatic hydroxyl groups excluding tert-OH is 2. The number of thiol groups is 1. The van der Waals surface area contributed by atoms with Gasteiger partial charge in [0.2, 0.25) is 0 Å². The third-order valence-electron chi connectivity index (χ3n) is 2.05. The van der Waals surface area contributed by atoms with E-state index in [-0.39, 0.29) is 17.0 Å². The normalized spacial score (nSPS) is 14.4. The van der Waals surface area contributed by atoms with Crippen molar-refractivity contribution in [1.29, 1.82) is 0 Å². The van der Waals surface area contributed by atoms with Gasteiger partial charge in [-0.15, -0.1) is 0 Å². The van der Waals surface area contributed by atoms with E-state index in [1.165, 1.54) is 18.0 Å². The third-order valence-corrected chi connectivity index (χ3v) is 2.99. The lowest BCUT2D eigenvalue weighted by Crippen LogP contribution is -2.23. The highest BCUT2D eigenvalue weighted by molar-refractivity contribution is 7.98. The molecule has 1 heterocycles. The number of nitrogens with zero attached hydrogens (tertiary/aromatic N) is 2. The molecule has 0 aliphatic heterocycles. The van der Waals surface area contributed by atoms with Gasteiger partial charge in [0.05, 0.1) is 6.10 Å². The molecule has 1 aromatic heterocycles. The maximum atomic E-state index is 11.0. The van der Waals surface area contributed by atoms with Gasteiger partial charge in [0.1, 0.15) is 6.10 Å². The molecule has 17 heavy (non-hydrogen) atoms. The van der Waals surface area contributed by atoms with E-state index in [4.69, 9.17) is 5.11 Å². The summed E-state index contributed by atoms with van der Waals surface area (Å²) < 4.78 is 0. The van der Waals surface area contributed by atoms with E-state index >= 15 is 0 Å². The summed E-state index contributed by atoms with van der Waals surface area (Å²) in [5.41, 5.74) is -0.325. The van der Waals surface area contributed by atoms with E-state index in [9.17, 15) is 15.0 Å². The van der Waals surface area contributed by atoms with Crippen molar-refractivity contribution in [2.24, 2.45) is 0 Å². The molecule has 6 nitrogen and oxygen atoms in total. The van der Waals surface area contributed by atoms with E-state index in [1.807, 2.05) is 0 Å². The minimum absolute atomic E-state index is 0.00447. The first-order valence-corrected chi connectivity index (χ1v) is 6.48. The highest BCUT2D eigenvalue weighted by Crippen LogP contribution is 2.22. The van der Waals surface area contributed by atoms with Crippen LogP contribution in [-0.2, 0) is 0 Å². The maximum absolute atomic E-state index is 11.0. The fraction of sp³-hybridized carbons (Fsp3) is 0.444. The standard InChI is InChI=1S/C9H12N2O4S2/c1-17-9-10-2-4(6(11-9)8(14)15)7(13)5(12)3-16/h2,5,7,12-13,16H,3H2,1H3,(H,14,15). The molecule has 0 bridgehead atoms. The summed E-state index contributed by atoms with van der Waals surface area (Å²) in [5, 5.41) is 28.4. The highest BCUT2D eigenvalue weighted by Gasteiger charge is 2.24. The predicted octanol–water partition coefficient (Wildman–Crippen LogP) is 0.221. The molecule has 3 N–H and O–H groups in total. The smallest absolute Gasteiger partial charge is 0.355 e. The Hall–Kier alpha value is -0.830. The first-order chi connectivity index (χ1) is 8.01. The van der Waals surface area contributed by atoms with Crippen molar-refractivity contribution in [1.82, 2.24) is 9.97 Å². The van der Waals surface area contributed by atoms with Crippen molar-refractivity contribution in [3.05, 3.63) is 17.5 Å². The van der Waals surface area contributed by atoms with Crippen molar-refractivity contribution in [3.63, 3.8) is 0 Å². The minimum atomic E-state index is -1.37. The molecule has 0 spiro atoms. The zero-order chi connectivity index (χ0) is 13.0. The molecule has 0 saturated carbocycles. The molecule has 2 atom stereocenters. The quantitative estimate of drug-likeness (QED) is 0.346. The first-order valence-electron chi connectivity index (χ1n) is 4.62. The van der Waals surface area contributed by atoms with Crippen LogP contribution in [0.15, 0.2) is 11.4 Å². The fourth-order valence-corrected chi connectivity index (χ4v) is 1.71. The van der Waals surface area contributed by atoms with Gasteiger partial charge in [-0.3, -0.25) is 0 Å². The van der Waals surface area contributed by atoms with E-state index in [0.717, 1.165) is 0 Å². The van der Waals surface area contributed by atoms with E-state index in [2.05, 4.69) is 22.6 Å². The zero-order valence-corrected chi connectivity index (χ0v) is 10.6. The molecule has 0 fully saturated rings. The molecule has 0 amide bonds. The Morgan fingerprint density at radius 1 is 1.59 bits per heavy atom. The Labute approximate surface area is 108 Å². The Morgan fingerprint density at radius 2 is 2.24 bits per heavy atom. The van der Waals surface area contributed by atoms with Crippen molar-refractivity contribution < 1.29 is 20.1 Å². The van der Waals surface area contributed by atoms with Crippen LogP contribution in [0.2, 0.25) is 0 Å². The van der Waals surface area contributed by atoms with Crippen LogP contribution in [0.5, 0.6) is 0 Å². The second-order valence-electron chi connectivity index (χ2n) is 3.16. The fourth-order valence-electron chi connectivity index (χ4n) is 1.17. The minimum Gasteiger partial charge on any atom is -0.476 e. The molecule has 0 aromatic carbocycles. The highest BCUT2D eigenvalue weighted by atomic mass is 32.2. The number of carboxylic acids is 1. The number of aromatic nitrogens is 2. The Balaban J connectivity index is 3.18. The van der Waals surface area contributed by atoms with Crippen molar-refractivity contribution in [2.45, 2.75) is 17.4 Å². The topological polar surface area (TPSA) is 104 Å². The largest absolute Gasteiger partial charge is 0.476 e. The summed E-state index contributed by atoms with van der Waals surface area (Å²) >= 11 is 5.02. The van der Waals surface area contributed by atoms with E-state index < -0.39 is 18.2 Å². The molecule has 0 saturated heterocycles. The maximum Gasteiger partial charge on any atom is 0.355 e. The molecule has 1 rings (SSSR count). The van der Waals surface area contributed by atoms with Crippen LogP contribution in [-0.4, -0.2) is 49.4 Å². The van der Waals surface area contributed by atoms with Gasteiger partial charge in [-0.2, -0.15) is 12.6 Å². The van der Waals surface area contributed by atoms with Gasteiger partial charge >= 0.3 is 5.97 Å². The van der Waals surface area contributed by atoms with Gasteiger partial charge < -0.3 is 15.3 Å². The van der Waals surface area contributed by atoms with E-state index in [0.29, 0.717) is 5.16 Å². The summed E-state index contributed by atoms with van der Waals surface area (Å²) in [7, 11) is 0. The Morgan fingerprint density at radius 3 is 2.71 bits per heavy atom. The predicted molar refractivity (Wildman–Crippen MR) is 65.6 cm³/mol. The van der Waals surface area contributed by atoms with Crippen molar-refractivity contribution >= 4 is 30.4 Å². The SMILES string of the molecule is CSc1ncc(C(O)C(O)CS)c(C(=O)O)n1. The molecular weight excluding hydrogens is 264 g/mol. The summed E-state index contributed by atoms with van der Waals surface area (Å²) in [6.07, 6.45) is 0.383. The Bertz CT molecular complexity index is 416. The van der Waals surface area contributed by atoms with Gasteiger partial charge in [-0.25, -0.2) is 14.8 Å². The lowest BCUT2D eigenvalue weighted by Gasteiger charge is -2.17. The van der Waals surface area contributed by atoms with Crippen LogP contribution >= 0.6 is 24.4 Å². The molecule has 2 unspecified atom stereocenters. The molecule has 0 aliphatic rings. The molecule has 1 aromatic rings. The number of carbonyl (C=O) groups is 1. The summed E-state index contributed by atoms with van der Waals surface area (Å²) in [4.78, 5) is 18.6. The summed E-state index contributed by atoms with van der Waals surface area (Å²) in [6.45, 7) is 0. The number of hydrogen-bond donors (Lipinski definition) is 4. The van der Waals surface area contributed by atoms with Crippen LogP contribution in [0.4, 0.5) is 0 Å². The average Bonchev–Trinajstić information content (AvgIpc) is 2.35. The lowest BCUT2D eigenvalue weighted by molar-refractivity contribution is 0.0315. The number of rotatable bonds is 5. The van der Waals surface area contributed by atoms with Crippen LogP contribution < -0.4 is 0 Å². The summed E-state index contributed by atoms with van der Waals surface area (Å²) in [6, 6.07) is 0. The number of aromatic carboxylic acids is 1. The van der Waals surface area contributed by atoms with Gasteiger partial charge in [0.15, 0.2) is 10.9 Å². The molecule has 0 radical (unpaired) electrons. The molecule has 0 aliphatic carbocycles. The zero-order valence-electron chi connectivity index (χ0n) is 8.94. The monoisotopic (exact) mass is 276 g/mol. The van der Waals surface area contributed by atoms with Gasteiger partial charge in [-0.1, -0.05) is 11.8 Å². The number of thioether (sulfide) groups is 1. The first kappa shape index (κ1) is 14.2. The molecule has 94 valence electrons. The Kier molecular flexibility index (Phi) is 5.19. The van der Waals surface area contributed by atoms with E-state index in [1.54, 1.807) is 6.26 Å². The molecular formula is C9H12N2O4S2. The second kappa shape index (κ2) is 6.20. The lowest BCUT2D eigenvalue weighted by atomic mass is 10.1. The van der Waals surface area contributed by atoms with Crippen LogP contribution in [0.3, 0.4) is 0 Å². The van der Waals surface area contributed by atoms with Crippen LogP contribution in [0.25, 0.3) is 0 Å². The van der Waals surface area contributed by atoms with Crippen molar-refractivity contribution in [3.8, 4) is 0 Å². The number of aliphatic hydroxyl groups is 2. The number of hydrogen-bond acceptors (Lipinski definition) is 7. The third kappa shape index (κ3) is 3.32. The van der Waals surface area contributed by atoms with Gasteiger partial charge in [0, 0.05) is 17.5 Å².